The lowest BCUT2D eigenvalue weighted by molar-refractivity contribution is -0.125. The van der Waals surface area contributed by atoms with Gasteiger partial charge in [0, 0.05) is 17.4 Å². The minimum Gasteiger partial charge on any atom is -0.497 e. The first-order valence-corrected chi connectivity index (χ1v) is 9.53. The molecular weight excluding hydrogens is 384 g/mol. The van der Waals surface area contributed by atoms with Crippen LogP contribution in [0.25, 0.3) is 0 Å². The molecule has 0 aliphatic carbocycles. The summed E-state index contributed by atoms with van der Waals surface area (Å²) in [7, 11) is 3.18. The number of hydrogen-bond donors (Lipinski definition) is 3. The third-order valence-electron chi connectivity index (χ3n) is 4.65. The summed E-state index contributed by atoms with van der Waals surface area (Å²) < 4.78 is 5.13. The van der Waals surface area contributed by atoms with Crippen LogP contribution in [0.4, 0.5) is 16.2 Å². The van der Waals surface area contributed by atoms with Crippen LogP contribution in [-0.4, -0.2) is 49.5 Å². The van der Waals surface area contributed by atoms with Crippen LogP contribution in [0.2, 0.25) is 0 Å². The molecule has 2 aromatic carbocycles. The first-order chi connectivity index (χ1) is 14.2. The molecule has 0 heterocycles. The first kappa shape index (κ1) is 22.9. The van der Waals surface area contributed by atoms with Crippen LogP contribution in [-0.2, 0) is 9.59 Å². The Labute approximate surface area is 176 Å². The van der Waals surface area contributed by atoms with E-state index in [1.807, 2.05) is 26.0 Å². The summed E-state index contributed by atoms with van der Waals surface area (Å²) in [5.41, 5.74) is 3.20. The van der Waals surface area contributed by atoms with Crippen LogP contribution in [0.5, 0.6) is 5.75 Å². The highest BCUT2D eigenvalue weighted by molar-refractivity contribution is 6.03. The number of urea groups is 1. The predicted octanol–water partition coefficient (Wildman–Crippen LogP) is 2.92. The molecule has 0 aliphatic rings. The van der Waals surface area contributed by atoms with Crippen LogP contribution in [0.15, 0.2) is 42.5 Å². The minimum absolute atomic E-state index is 0.0233. The van der Waals surface area contributed by atoms with Gasteiger partial charge in [-0.2, -0.15) is 0 Å². The number of hydrogen-bond acceptors (Lipinski definition) is 5. The number of methoxy groups -OCH3 is 1. The van der Waals surface area contributed by atoms with Gasteiger partial charge in [-0.25, -0.2) is 4.79 Å². The molecule has 160 valence electrons. The van der Waals surface area contributed by atoms with Crippen molar-refractivity contribution in [3.8, 4) is 5.75 Å². The van der Waals surface area contributed by atoms with Crippen molar-refractivity contribution in [2.45, 2.75) is 26.8 Å². The number of nitrogens with zero attached hydrogens (tertiary/aromatic N) is 1. The summed E-state index contributed by atoms with van der Waals surface area (Å²) in [6, 6.07) is 11.3. The highest BCUT2D eigenvalue weighted by Gasteiger charge is 2.22. The first-order valence-electron chi connectivity index (χ1n) is 9.53. The van der Waals surface area contributed by atoms with Crippen LogP contribution in [0.3, 0.4) is 0 Å². The van der Waals surface area contributed by atoms with Crippen molar-refractivity contribution in [1.82, 2.24) is 10.2 Å². The van der Waals surface area contributed by atoms with Gasteiger partial charge in [-0.1, -0.05) is 23.8 Å². The molecule has 0 radical (unpaired) electrons. The zero-order valence-electron chi connectivity index (χ0n) is 17.9. The molecule has 8 nitrogen and oxygen atoms in total. The van der Waals surface area contributed by atoms with E-state index in [2.05, 4.69) is 16.0 Å². The van der Waals surface area contributed by atoms with Crippen molar-refractivity contribution in [3.05, 3.63) is 53.6 Å². The molecule has 1 unspecified atom stereocenters. The summed E-state index contributed by atoms with van der Waals surface area (Å²) in [6.07, 6.45) is 0. The SMILES string of the molecule is COc1cccc(NC(=O)CN(C)C(C)C(=O)NC(=O)Nc2ccc(C)cc2C)c1. The van der Waals surface area contributed by atoms with Gasteiger partial charge in [0.25, 0.3) is 0 Å². The van der Waals surface area contributed by atoms with Crippen molar-refractivity contribution in [2.24, 2.45) is 0 Å². The lowest BCUT2D eigenvalue weighted by Gasteiger charge is -2.23. The van der Waals surface area contributed by atoms with Crippen LogP contribution in [0, 0.1) is 13.8 Å². The van der Waals surface area contributed by atoms with E-state index in [9.17, 15) is 14.4 Å². The second-order valence-electron chi connectivity index (χ2n) is 7.13. The molecule has 3 N–H and O–H groups in total. The smallest absolute Gasteiger partial charge is 0.325 e. The minimum atomic E-state index is -0.689. The van der Waals surface area contributed by atoms with E-state index >= 15 is 0 Å². The number of rotatable bonds is 7. The Hall–Kier alpha value is -3.39. The van der Waals surface area contributed by atoms with Gasteiger partial charge in [-0.15, -0.1) is 0 Å². The number of nitrogens with one attached hydrogen (secondary N) is 3. The lowest BCUT2D eigenvalue weighted by Crippen LogP contribution is -2.48. The molecular formula is C22H28N4O4. The fourth-order valence-corrected chi connectivity index (χ4v) is 2.79. The number of aryl methyl sites for hydroxylation is 2. The molecule has 2 rings (SSSR count). The number of carbonyl (C=O) groups excluding carboxylic acids is 3. The topological polar surface area (TPSA) is 99.8 Å². The average molecular weight is 412 g/mol. The average Bonchev–Trinajstić information content (AvgIpc) is 2.69. The van der Waals surface area contributed by atoms with Gasteiger partial charge in [0.15, 0.2) is 0 Å². The maximum atomic E-state index is 12.4. The zero-order valence-corrected chi connectivity index (χ0v) is 17.9. The molecule has 0 spiro atoms. The van der Waals surface area contributed by atoms with Crippen molar-refractivity contribution in [2.75, 3.05) is 31.3 Å². The Bertz CT molecular complexity index is 929. The second-order valence-corrected chi connectivity index (χ2v) is 7.13. The summed E-state index contributed by atoms with van der Waals surface area (Å²) in [4.78, 5) is 38.4. The molecule has 8 heteroatoms. The Morgan fingerprint density at radius 1 is 1.07 bits per heavy atom. The lowest BCUT2D eigenvalue weighted by atomic mass is 10.1. The van der Waals surface area contributed by atoms with Crippen molar-refractivity contribution in [1.29, 1.82) is 0 Å². The molecule has 0 aliphatic heterocycles. The van der Waals surface area contributed by atoms with Gasteiger partial charge in [0.05, 0.1) is 19.7 Å². The van der Waals surface area contributed by atoms with E-state index < -0.39 is 18.0 Å². The number of benzene rings is 2. The molecule has 0 saturated heterocycles. The molecule has 0 bridgehead atoms. The van der Waals surface area contributed by atoms with Crippen LogP contribution in [0.1, 0.15) is 18.1 Å². The molecule has 1 atom stereocenters. The van der Waals surface area contributed by atoms with E-state index in [0.717, 1.165) is 11.1 Å². The summed E-state index contributed by atoms with van der Waals surface area (Å²) >= 11 is 0. The summed E-state index contributed by atoms with van der Waals surface area (Å²) in [6.45, 7) is 5.44. The van der Waals surface area contributed by atoms with Gasteiger partial charge in [0.1, 0.15) is 5.75 Å². The third-order valence-corrected chi connectivity index (χ3v) is 4.65. The van der Waals surface area contributed by atoms with Crippen molar-refractivity contribution in [3.63, 3.8) is 0 Å². The molecule has 2 aromatic rings. The molecule has 30 heavy (non-hydrogen) atoms. The highest BCUT2D eigenvalue weighted by atomic mass is 16.5. The monoisotopic (exact) mass is 412 g/mol. The standard InChI is InChI=1S/C22H28N4O4/c1-14-9-10-19(15(2)11-14)24-22(29)25-21(28)16(3)26(4)13-20(27)23-17-7-6-8-18(12-17)30-5/h6-12,16H,13H2,1-5H3,(H,23,27)(H2,24,25,28,29). The molecule has 4 amide bonds. The Kier molecular flexibility index (Phi) is 7.94. The summed E-state index contributed by atoms with van der Waals surface area (Å²) in [5.74, 6) is -0.164. The molecule has 0 fully saturated rings. The fourth-order valence-electron chi connectivity index (χ4n) is 2.79. The van der Waals surface area contributed by atoms with E-state index in [1.165, 1.54) is 0 Å². The normalized spacial score (nSPS) is 11.5. The summed E-state index contributed by atoms with van der Waals surface area (Å²) in [5, 5.41) is 7.73. The maximum Gasteiger partial charge on any atom is 0.325 e. The number of imide groups is 1. The van der Waals surface area contributed by atoms with Crippen LogP contribution >= 0.6 is 0 Å². The third kappa shape index (κ3) is 6.59. The van der Waals surface area contributed by atoms with E-state index in [4.69, 9.17) is 4.74 Å². The Morgan fingerprint density at radius 2 is 1.80 bits per heavy atom. The number of amides is 4. The molecule has 0 saturated carbocycles. The second kappa shape index (κ2) is 10.4. The van der Waals surface area contributed by atoms with E-state index in [1.54, 1.807) is 56.3 Å². The van der Waals surface area contributed by atoms with Crippen LogP contribution < -0.4 is 20.7 Å². The number of ether oxygens (including phenoxy) is 1. The zero-order chi connectivity index (χ0) is 22.3. The number of anilines is 2. The predicted molar refractivity (Wildman–Crippen MR) is 117 cm³/mol. The van der Waals surface area contributed by atoms with Gasteiger partial charge in [-0.3, -0.25) is 19.8 Å². The van der Waals surface area contributed by atoms with Crippen molar-refractivity contribution >= 4 is 29.2 Å². The Balaban J connectivity index is 1.86. The molecule has 0 aromatic heterocycles. The van der Waals surface area contributed by atoms with Gasteiger partial charge in [0.2, 0.25) is 11.8 Å². The van der Waals surface area contributed by atoms with Gasteiger partial charge < -0.3 is 15.4 Å². The van der Waals surface area contributed by atoms with Gasteiger partial charge in [-0.05, 0) is 51.6 Å². The highest BCUT2D eigenvalue weighted by Crippen LogP contribution is 2.17. The quantitative estimate of drug-likeness (QED) is 0.649. The van der Waals surface area contributed by atoms with E-state index in [0.29, 0.717) is 17.1 Å². The van der Waals surface area contributed by atoms with Crippen molar-refractivity contribution < 1.29 is 19.1 Å². The fraction of sp³-hybridized carbons (Fsp3) is 0.318. The number of likely N-dealkylation sites (N-methyl/N-ethyl adjacent to an activating group) is 1. The number of carbonyl (C=O) groups is 3. The largest absolute Gasteiger partial charge is 0.497 e. The van der Waals surface area contributed by atoms with Gasteiger partial charge >= 0.3 is 6.03 Å². The van der Waals surface area contributed by atoms with E-state index in [-0.39, 0.29) is 12.5 Å². The maximum absolute atomic E-state index is 12.4. The Morgan fingerprint density at radius 3 is 2.47 bits per heavy atom.